The second-order valence-electron chi connectivity index (χ2n) is 5.88. The Balaban J connectivity index is 1.69. The average molecular weight is 313 g/mol. The van der Waals surface area contributed by atoms with Gasteiger partial charge in [-0.15, -0.1) is 0 Å². The minimum atomic E-state index is 0.0372. The van der Waals surface area contributed by atoms with Crippen molar-refractivity contribution in [3.8, 4) is 0 Å². The number of rotatable bonds is 1. The van der Waals surface area contributed by atoms with E-state index in [1.165, 1.54) is 6.42 Å². The summed E-state index contributed by atoms with van der Waals surface area (Å²) in [5.41, 5.74) is 1.01. The van der Waals surface area contributed by atoms with Gasteiger partial charge >= 0.3 is 0 Å². The monoisotopic (exact) mass is 312 g/mol. The molecule has 3 nitrogen and oxygen atoms in total. The number of nitrogens with zero attached hydrogens (tertiary/aromatic N) is 1. The Morgan fingerprint density at radius 1 is 1.10 bits per heavy atom. The van der Waals surface area contributed by atoms with Crippen molar-refractivity contribution in [2.45, 2.75) is 19.3 Å². The number of carbonyl (C=O) groups excluding carboxylic acids is 1. The van der Waals surface area contributed by atoms with Crippen molar-refractivity contribution in [1.29, 1.82) is 0 Å². The fraction of sp³-hybridized carbons (Fsp3) is 0.533. The molecule has 0 atom stereocenters. The molecule has 0 saturated carbocycles. The predicted octanol–water partition coefficient (Wildman–Crippen LogP) is 3.21. The predicted molar refractivity (Wildman–Crippen MR) is 81.5 cm³/mol. The van der Waals surface area contributed by atoms with Crippen molar-refractivity contribution in [2.24, 2.45) is 5.41 Å². The Kier molecular flexibility index (Phi) is 3.93. The van der Waals surface area contributed by atoms with Crippen LogP contribution in [0.3, 0.4) is 0 Å². The van der Waals surface area contributed by atoms with E-state index in [-0.39, 0.29) is 5.91 Å². The van der Waals surface area contributed by atoms with E-state index >= 15 is 0 Å². The molecule has 0 aromatic heterocycles. The SMILES string of the molecule is O=C(c1cc(Cl)cc(Cl)c1)N1CCC2(CCNC2)CC1. The molecule has 0 bridgehead atoms. The number of carbonyl (C=O) groups is 1. The standard InChI is InChI=1S/C15H18Cl2N2O/c16-12-7-11(8-13(17)9-12)14(20)19-5-2-15(3-6-19)1-4-18-10-15/h7-9,18H,1-6,10H2. The molecule has 2 aliphatic heterocycles. The number of benzene rings is 1. The van der Waals surface area contributed by atoms with Gasteiger partial charge in [0.1, 0.15) is 0 Å². The molecule has 1 N–H and O–H groups in total. The highest BCUT2D eigenvalue weighted by molar-refractivity contribution is 6.35. The lowest BCUT2D eigenvalue weighted by Gasteiger charge is -2.38. The van der Waals surface area contributed by atoms with Gasteiger partial charge in [0.15, 0.2) is 0 Å². The second kappa shape index (κ2) is 5.55. The highest BCUT2D eigenvalue weighted by Gasteiger charge is 2.38. The summed E-state index contributed by atoms with van der Waals surface area (Å²) in [5.74, 6) is 0.0372. The van der Waals surface area contributed by atoms with Gasteiger partial charge in [0.2, 0.25) is 0 Å². The van der Waals surface area contributed by atoms with Crippen molar-refractivity contribution in [2.75, 3.05) is 26.2 Å². The molecule has 20 heavy (non-hydrogen) atoms. The summed E-state index contributed by atoms with van der Waals surface area (Å²) >= 11 is 11.9. The van der Waals surface area contributed by atoms with E-state index < -0.39 is 0 Å². The maximum atomic E-state index is 12.5. The quantitative estimate of drug-likeness (QED) is 0.863. The van der Waals surface area contributed by atoms with Crippen molar-refractivity contribution in [1.82, 2.24) is 10.2 Å². The molecule has 2 saturated heterocycles. The average Bonchev–Trinajstić information content (AvgIpc) is 2.86. The number of nitrogens with one attached hydrogen (secondary N) is 1. The van der Waals surface area contributed by atoms with Crippen LogP contribution in [0.5, 0.6) is 0 Å². The van der Waals surface area contributed by atoms with Gasteiger partial charge in [-0.05, 0) is 49.4 Å². The summed E-state index contributed by atoms with van der Waals surface area (Å²) in [6, 6.07) is 5.03. The lowest BCUT2D eigenvalue weighted by molar-refractivity contribution is 0.0607. The van der Waals surface area contributed by atoms with Crippen LogP contribution >= 0.6 is 23.2 Å². The van der Waals surface area contributed by atoms with Gasteiger partial charge in [0.05, 0.1) is 0 Å². The largest absolute Gasteiger partial charge is 0.339 e. The number of amides is 1. The maximum Gasteiger partial charge on any atom is 0.253 e. The third kappa shape index (κ3) is 2.80. The smallest absolute Gasteiger partial charge is 0.253 e. The van der Waals surface area contributed by atoms with Crippen molar-refractivity contribution in [3.05, 3.63) is 33.8 Å². The normalized spacial score (nSPS) is 21.4. The molecule has 0 aliphatic carbocycles. The van der Waals surface area contributed by atoms with Crippen LogP contribution in [0, 0.1) is 5.41 Å². The molecule has 1 spiro atoms. The molecule has 108 valence electrons. The van der Waals surface area contributed by atoms with E-state index in [0.29, 0.717) is 21.0 Å². The summed E-state index contributed by atoms with van der Waals surface area (Å²) in [5, 5.41) is 4.45. The van der Waals surface area contributed by atoms with Gasteiger partial charge in [-0.3, -0.25) is 4.79 Å². The zero-order valence-corrected chi connectivity index (χ0v) is 12.8. The number of hydrogen-bond donors (Lipinski definition) is 1. The summed E-state index contributed by atoms with van der Waals surface area (Å²) in [6.45, 7) is 3.85. The fourth-order valence-corrected chi connectivity index (χ4v) is 3.79. The number of piperidine rings is 1. The molecular formula is C15H18Cl2N2O. The van der Waals surface area contributed by atoms with Crippen LogP contribution in [0.4, 0.5) is 0 Å². The number of halogens is 2. The minimum absolute atomic E-state index is 0.0372. The molecule has 3 rings (SSSR count). The van der Waals surface area contributed by atoms with E-state index in [1.54, 1.807) is 18.2 Å². The van der Waals surface area contributed by atoms with Crippen molar-refractivity contribution < 1.29 is 4.79 Å². The summed E-state index contributed by atoms with van der Waals surface area (Å²) in [4.78, 5) is 14.4. The first-order valence-electron chi connectivity index (χ1n) is 7.04. The Morgan fingerprint density at radius 2 is 1.75 bits per heavy atom. The molecule has 2 fully saturated rings. The van der Waals surface area contributed by atoms with Crippen LogP contribution in [-0.2, 0) is 0 Å². The van der Waals surface area contributed by atoms with Gasteiger partial charge in [-0.2, -0.15) is 0 Å². The fourth-order valence-electron chi connectivity index (χ4n) is 3.27. The van der Waals surface area contributed by atoms with Crippen LogP contribution < -0.4 is 5.32 Å². The molecule has 1 aromatic rings. The van der Waals surface area contributed by atoms with E-state index in [0.717, 1.165) is 39.0 Å². The van der Waals surface area contributed by atoms with Gasteiger partial charge in [0, 0.05) is 35.2 Å². The summed E-state index contributed by atoms with van der Waals surface area (Å²) < 4.78 is 0. The molecule has 2 heterocycles. The Hall–Kier alpha value is -0.770. The topological polar surface area (TPSA) is 32.3 Å². The van der Waals surface area contributed by atoms with Crippen molar-refractivity contribution in [3.63, 3.8) is 0 Å². The number of likely N-dealkylation sites (tertiary alicyclic amines) is 1. The summed E-state index contributed by atoms with van der Waals surface area (Å²) in [6.07, 6.45) is 3.40. The highest BCUT2D eigenvalue weighted by Crippen LogP contribution is 2.37. The Bertz CT molecular complexity index is 496. The molecule has 1 amide bonds. The van der Waals surface area contributed by atoms with E-state index in [1.807, 2.05) is 4.90 Å². The van der Waals surface area contributed by atoms with Crippen LogP contribution in [-0.4, -0.2) is 37.0 Å². The first kappa shape index (κ1) is 14.2. The van der Waals surface area contributed by atoms with Gasteiger partial charge in [-0.25, -0.2) is 0 Å². The third-order valence-electron chi connectivity index (χ3n) is 4.55. The third-order valence-corrected chi connectivity index (χ3v) is 4.99. The van der Waals surface area contributed by atoms with Crippen LogP contribution in [0.15, 0.2) is 18.2 Å². The van der Waals surface area contributed by atoms with Gasteiger partial charge < -0.3 is 10.2 Å². The summed E-state index contributed by atoms with van der Waals surface area (Å²) in [7, 11) is 0. The maximum absolute atomic E-state index is 12.5. The van der Waals surface area contributed by atoms with E-state index in [4.69, 9.17) is 23.2 Å². The Labute approximate surface area is 129 Å². The van der Waals surface area contributed by atoms with Crippen LogP contribution in [0.25, 0.3) is 0 Å². The lowest BCUT2D eigenvalue weighted by atomic mass is 9.78. The van der Waals surface area contributed by atoms with Crippen LogP contribution in [0.1, 0.15) is 29.6 Å². The van der Waals surface area contributed by atoms with Crippen LogP contribution in [0.2, 0.25) is 10.0 Å². The Morgan fingerprint density at radius 3 is 2.30 bits per heavy atom. The number of hydrogen-bond acceptors (Lipinski definition) is 2. The molecule has 0 unspecified atom stereocenters. The first-order valence-corrected chi connectivity index (χ1v) is 7.80. The minimum Gasteiger partial charge on any atom is -0.339 e. The molecule has 5 heteroatoms. The first-order chi connectivity index (χ1) is 9.58. The molecule has 2 aliphatic rings. The van der Waals surface area contributed by atoms with Gasteiger partial charge in [-0.1, -0.05) is 23.2 Å². The molecule has 0 radical (unpaired) electrons. The second-order valence-corrected chi connectivity index (χ2v) is 6.75. The lowest BCUT2D eigenvalue weighted by Crippen LogP contribution is -2.44. The van der Waals surface area contributed by atoms with E-state index in [2.05, 4.69) is 5.32 Å². The highest BCUT2D eigenvalue weighted by atomic mass is 35.5. The van der Waals surface area contributed by atoms with E-state index in [9.17, 15) is 4.79 Å². The molecule has 1 aromatic carbocycles. The zero-order chi connectivity index (χ0) is 14.2. The van der Waals surface area contributed by atoms with Crippen molar-refractivity contribution >= 4 is 29.1 Å². The van der Waals surface area contributed by atoms with Gasteiger partial charge in [0.25, 0.3) is 5.91 Å². The molecular weight excluding hydrogens is 295 g/mol. The zero-order valence-electron chi connectivity index (χ0n) is 11.3.